The van der Waals surface area contributed by atoms with Crippen molar-refractivity contribution in [3.63, 3.8) is 0 Å². The summed E-state index contributed by atoms with van der Waals surface area (Å²) in [6, 6.07) is 15.0. The van der Waals surface area contributed by atoms with E-state index in [4.69, 9.17) is 5.73 Å². The minimum atomic E-state index is -0.108. The summed E-state index contributed by atoms with van der Waals surface area (Å²) in [5, 5.41) is 2.88. The number of benzene rings is 2. The van der Waals surface area contributed by atoms with E-state index in [1.54, 1.807) is 24.3 Å². The SMILES string of the molecule is Cc1cccc(CNC(=O)c2cccc(N)c2)c1. The van der Waals surface area contributed by atoms with Crippen LogP contribution in [0.5, 0.6) is 0 Å². The maximum atomic E-state index is 11.9. The fraction of sp³-hybridized carbons (Fsp3) is 0.133. The number of anilines is 1. The van der Waals surface area contributed by atoms with Crippen molar-refractivity contribution >= 4 is 11.6 Å². The maximum absolute atomic E-state index is 11.9. The zero-order valence-corrected chi connectivity index (χ0v) is 10.3. The Kier molecular flexibility index (Phi) is 3.63. The molecule has 0 bridgehead atoms. The van der Waals surface area contributed by atoms with Crippen LogP contribution < -0.4 is 11.1 Å². The Bertz CT molecular complexity index is 564. The molecule has 0 fully saturated rings. The molecule has 2 aromatic rings. The number of nitrogen functional groups attached to an aromatic ring is 1. The highest BCUT2D eigenvalue weighted by molar-refractivity contribution is 5.94. The van der Waals surface area contributed by atoms with Gasteiger partial charge >= 0.3 is 0 Å². The number of hydrogen-bond acceptors (Lipinski definition) is 2. The van der Waals surface area contributed by atoms with Crippen LogP contribution in [0, 0.1) is 6.92 Å². The van der Waals surface area contributed by atoms with Gasteiger partial charge in [-0.15, -0.1) is 0 Å². The molecule has 0 aromatic heterocycles. The third-order valence-electron chi connectivity index (χ3n) is 2.68. The quantitative estimate of drug-likeness (QED) is 0.810. The Hall–Kier alpha value is -2.29. The lowest BCUT2D eigenvalue weighted by Gasteiger charge is -2.06. The van der Waals surface area contributed by atoms with Crippen molar-refractivity contribution in [1.29, 1.82) is 0 Å². The smallest absolute Gasteiger partial charge is 0.251 e. The minimum absolute atomic E-state index is 0.108. The third kappa shape index (κ3) is 3.10. The second kappa shape index (κ2) is 5.36. The van der Waals surface area contributed by atoms with Gasteiger partial charge in [0, 0.05) is 17.8 Å². The molecule has 0 aliphatic carbocycles. The molecule has 2 aromatic carbocycles. The van der Waals surface area contributed by atoms with E-state index in [0.29, 0.717) is 17.8 Å². The van der Waals surface area contributed by atoms with Gasteiger partial charge in [-0.05, 0) is 30.7 Å². The van der Waals surface area contributed by atoms with Crippen LogP contribution in [0.15, 0.2) is 48.5 Å². The molecule has 0 aliphatic rings. The minimum Gasteiger partial charge on any atom is -0.399 e. The van der Waals surface area contributed by atoms with Crippen molar-refractivity contribution in [2.75, 3.05) is 5.73 Å². The first-order valence-corrected chi connectivity index (χ1v) is 5.84. The summed E-state index contributed by atoms with van der Waals surface area (Å²) in [4.78, 5) is 11.9. The fourth-order valence-electron chi connectivity index (χ4n) is 1.79. The second-order valence-electron chi connectivity index (χ2n) is 4.30. The van der Waals surface area contributed by atoms with E-state index < -0.39 is 0 Å². The van der Waals surface area contributed by atoms with Crippen LogP contribution in [-0.2, 0) is 6.54 Å². The van der Waals surface area contributed by atoms with Crippen LogP contribution in [0.1, 0.15) is 21.5 Å². The Morgan fingerprint density at radius 3 is 2.67 bits per heavy atom. The lowest BCUT2D eigenvalue weighted by Crippen LogP contribution is -2.22. The van der Waals surface area contributed by atoms with Gasteiger partial charge in [-0.1, -0.05) is 35.9 Å². The van der Waals surface area contributed by atoms with Gasteiger partial charge in [0.05, 0.1) is 0 Å². The van der Waals surface area contributed by atoms with Gasteiger partial charge in [-0.3, -0.25) is 4.79 Å². The van der Waals surface area contributed by atoms with Crippen LogP contribution in [0.3, 0.4) is 0 Å². The zero-order valence-electron chi connectivity index (χ0n) is 10.3. The number of nitrogens with one attached hydrogen (secondary N) is 1. The van der Waals surface area contributed by atoms with Gasteiger partial charge in [-0.25, -0.2) is 0 Å². The van der Waals surface area contributed by atoms with Crippen LogP contribution >= 0.6 is 0 Å². The average molecular weight is 240 g/mol. The molecule has 3 heteroatoms. The molecule has 3 N–H and O–H groups in total. The van der Waals surface area contributed by atoms with Crippen molar-refractivity contribution in [3.05, 3.63) is 65.2 Å². The fourth-order valence-corrected chi connectivity index (χ4v) is 1.79. The van der Waals surface area contributed by atoms with Gasteiger partial charge in [0.2, 0.25) is 0 Å². The topological polar surface area (TPSA) is 55.1 Å². The molecule has 0 aliphatic heterocycles. The first-order valence-electron chi connectivity index (χ1n) is 5.84. The maximum Gasteiger partial charge on any atom is 0.251 e. The number of hydrogen-bond donors (Lipinski definition) is 2. The summed E-state index contributed by atoms with van der Waals surface area (Å²) >= 11 is 0. The summed E-state index contributed by atoms with van der Waals surface area (Å²) in [6.07, 6.45) is 0. The number of carbonyl (C=O) groups excluding carboxylic acids is 1. The van der Waals surface area contributed by atoms with Gasteiger partial charge in [0.1, 0.15) is 0 Å². The number of nitrogens with two attached hydrogens (primary N) is 1. The van der Waals surface area contributed by atoms with Crippen molar-refractivity contribution in [2.45, 2.75) is 13.5 Å². The predicted octanol–water partition coefficient (Wildman–Crippen LogP) is 2.51. The molecule has 0 saturated carbocycles. The number of amides is 1. The molecule has 18 heavy (non-hydrogen) atoms. The molecular formula is C15H16N2O. The lowest BCUT2D eigenvalue weighted by molar-refractivity contribution is 0.0951. The summed E-state index contributed by atoms with van der Waals surface area (Å²) < 4.78 is 0. The highest BCUT2D eigenvalue weighted by atomic mass is 16.1. The van der Waals surface area contributed by atoms with Gasteiger partial charge < -0.3 is 11.1 Å². The monoisotopic (exact) mass is 240 g/mol. The molecular weight excluding hydrogens is 224 g/mol. The first-order chi connectivity index (χ1) is 8.65. The molecule has 0 unspecified atom stereocenters. The Labute approximate surface area is 107 Å². The van der Waals surface area contributed by atoms with Gasteiger partial charge in [0.15, 0.2) is 0 Å². The van der Waals surface area contributed by atoms with Crippen LogP contribution in [0.2, 0.25) is 0 Å². The second-order valence-corrected chi connectivity index (χ2v) is 4.30. The van der Waals surface area contributed by atoms with Crippen LogP contribution in [0.4, 0.5) is 5.69 Å². The van der Waals surface area contributed by atoms with Crippen molar-refractivity contribution in [3.8, 4) is 0 Å². The van der Waals surface area contributed by atoms with E-state index in [0.717, 1.165) is 5.56 Å². The summed E-state index contributed by atoms with van der Waals surface area (Å²) in [5.41, 5.74) is 9.10. The zero-order chi connectivity index (χ0) is 13.0. The van der Waals surface area contributed by atoms with Crippen LogP contribution in [0.25, 0.3) is 0 Å². The van der Waals surface area contributed by atoms with E-state index in [1.165, 1.54) is 5.56 Å². The number of aryl methyl sites for hydroxylation is 1. The first kappa shape index (κ1) is 12.2. The van der Waals surface area contributed by atoms with Crippen molar-refractivity contribution < 1.29 is 4.79 Å². The summed E-state index contributed by atoms with van der Waals surface area (Å²) in [5.74, 6) is -0.108. The molecule has 0 radical (unpaired) electrons. The Morgan fingerprint density at radius 1 is 1.17 bits per heavy atom. The molecule has 0 saturated heterocycles. The van der Waals surface area contributed by atoms with Gasteiger partial charge in [0.25, 0.3) is 5.91 Å². The van der Waals surface area contributed by atoms with E-state index in [2.05, 4.69) is 11.4 Å². The number of carbonyl (C=O) groups is 1. The molecule has 92 valence electrons. The summed E-state index contributed by atoms with van der Waals surface area (Å²) in [7, 11) is 0. The van der Waals surface area contributed by atoms with E-state index in [-0.39, 0.29) is 5.91 Å². The van der Waals surface area contributed by atoms with E-state index in [9.17, 15) is 4.79 Å². The molecule has 1 amide bonds. The molecule has 0 heterocycles. The third-order valence-corrected chi connectivity index (χ3v) is 2.68. The van der Waals surface area contributed by atoms with E-state index in [1.807, 2.05) is 25.1 Å². The van der Waals surface area contributed by atoms with Gasteiger partial charge in [-0.2, -0.15) is 0 Å². The molecule has 0 spiro atoms. The Balaban J connectivity index is 2.00. The molecule has 0 atom stereocenters. The highest BCUT2D eigenvalue weighted by Crippen LogP contribution is 2.07. The normalized spacial score (nSPS) is 10.1. The van der Waals surface area contributed by atoms with Crippen LogP contribution in [-0.4, -0.2) is 5.91 Å². The molecule has 2 rings (SSSR count). The Morgan fingerprint density at radius 2 is 1.94 bits per heavy atom. The standard InChI is InChI=1S/C15H16N2O/c1-11-4-2-5-12(8-11)10-17-15(18)13-6-3-7-14(16)9-13/h2-9H,10,16H2,1H3,(H,17,18). The summed E-state index contributed by atoms with van der Waals surface area (Å²) in [6.45, 7) is 2.55. The largest absolute Gasteiger partial charge is 0.399 e. The average Bonchev–Trinajstić information content (AvgIpc) is 2.36. The lowest BCUT2D eigenvalue weighted by atomic mass is 10.1. The molecule has 3 nitrogen and oxygen atoms in total. The highest BCUT2D eigenvalue weighted by Gasteiger charge is 2.05. The van der Waals surface area contributed by atoms with E-state index >= 15 is 0 Å². The van der Waals surface area contributed by atoms with Crippen molar-refractivity contribution in [2.24, 2.45) is 0 Å². The number of rotatable bonds is 3. The van der Waals surface area contributed by atoms with Crippen molar-refractivity contribution in [1.82, 2.24) is 5.32 Å². The predicted molar refractivity (Wildman–Crippen MR) is 73.2 cm³/mol.